The summed E-state index contributed by atoms with van der Waals surface area (Å²) in [5, 5.41) is 0. The van der Waals surface area contributed by atoms with Gasteiger partial charge in [0.2, 0.25) is 0 Å². The summed E-state index contributed by atoms with van der Waals surface area (Å²) in [6.45, 7) is 5.60. The Morgan fingerprint density at radius 2 is 2.05 bits per heavy atom. The molecule has 1 aliphatic heterocycles. The lowest BCUT2D eigenvalue weighted by molar-refractivity contribution is 0.627. The van der Waals surface area contributed by atoms with Gasteiger partial charge in [0.15, 0.2) is 0 Å². The monoisotopic (exact) mass is 251 g/mol. The van der Waals surface area contributed by atoms with Crippen LogP contribution in [0.5, 0.6) is 0 Å². The quantitative estimate of drug-likeness (QED) is 0.716. The van der Waals surface area contributed by atoms with Gasteiger partial charge in [-0.2, -0.15) is 0 Å². The minimum atomic E-state index is 0.809. The van der Waals surface area contributed by atoms with Gasteiger partial charge in [-0.3, -0.25) is 4.99 Å². The number of hydrogen-bond acceptors (Lipinski definition) is 1. The first-order valence-electron chi connectivity index (χ1n) is 7.58. The molecule has 19 heavy (non-hydrogen) atoms. The van der Waals surface area contributed by atoms with Gasteiger partial charge >= 0.3 is 0 Å². The van der Waals surface area contributed by atoms with Crippen LogP contribution >= 0.6 is 0 Å². The molecule has 1 aromatic rings. The van der Waals surface area contributed by atoms with Crippen molar-refractivity contribution in [3.8, 4) is 0 Å². The van der Waals surface area contributed by atoms with E-state index in [0.29, 0.717) is 0 Å². The SMILES string of the molecule is Cc1c2c(cc3c1C[C@H](C)C3)C=NCC(C1CC1)=C2. The van der Waals surface area contributed by atoms with Crippen LogP contribution < -0.4 is 0 Å². The lowest BCUT2D eigenvalue weighted by Gasteiger charge is -2.12. The Kier molecular flexibility index (Phi) is 2.45. The zero-order valence-electron chi connectivity index (χ0n) is 11.9. The Bertz CT molecular complexity index is 603. The molecule has 3 aliphatic rings. The van der Waals surface area contributed by atoms with Gasteiger partial charge < -0.3 is 0 Å². The van der Waals surface area contributed by atoms with Crippen LogP contribution in [0.3, 0.4) is 0 Å². The first kappa shape index (κ1) is 11.5. The molecule has 4 rings (SSSR count). The van der Waals surface area contributed by atoms with Crippen LogP contribution in [-0.4, -0.2) is 12.8 Å². The summed E-state index contributed by atoms with van der Waals surface area (Å²) in [6, 6.07) is 2.40. The second kappa shape index (κ2) is 4.06. The molecule has 0 saturated heterocycles. The van der Waals surface area contributed by atoms with Crippen molar-refractivity contribution in [2.45, 2.75) is 39.5 Å². The van der Waals surface area contributed by atoms with E-state index in [2.05, 4.69) is 37.2 Å². The van der Waals surface area contributed by atoms with E-state index < -0.39 is 0 Å². The maximum Gasteiger partial charge on any atom is 0.0605 e. The molecular formula is C18H21N. The number of nitrogens with zero attached hydrogens (tertiary/aromatic N) is 1. The van der Waals surface area contributed by atoms with Crippen molar-refractivity contribution < 1.29 is 0 Å². The molecule has 1 fully saturated rings. The van der Waals surface area contributed by atoms with Crippen LogP contribution in [0, 0.1) is 18.8 Å². The Morgan fingerprint density at radius 3 is 2.84 bits per heavy atom. The Morgan fingerprint density at radius 1 is 1.21 bits per heavy atom. The maximum atomic E-state index is 4.65. The Hall–Kier alpha value is -1.37. The van der Waals surface area contributed by atoms with E-state index in [1.165, 1.54) is 42.4 Å². The van der Waals surface area contributed by atoms with Crippen LogP contribution in [0.2, 0.25) is 0 Å². The Labute approximate surface area is 115 Å². The minimum Gasteiger partial charge on any atom is -0.288 e. The molecule has 2 aliphatic carbocycles. The molecular weight excluding hydrogens is 230 g/mol. The van der Waals surface area contributed by atoms with E-state index in [1.807, 2.05) is 0 Å². The van der Waals surface area contributed by atoms with E-state index in [4.69, 9.17) is 0 Å². The van der Waals surface area contributed by atoms with Crippen LogP contribution in [0.15, 0.2) is 16.6 Å². The lowest BCUT2D eigenvalue weighted by Crippen LogP contribution is -1.98. The Balaban J connectivity index is 1.88. The van der Waals surface area contributed by atoms with Crippen molar-refractivity contribution in [2.24, 2.45) is 16.8 Å². The average Bonchev–Trinajstić information content (AvgIpc) is 3.15. The highest BCUT2D eigenvalue weighted by atomic mass is 14.7. The predicted octanol–water partition coefficient (Wildman–Crippen LogP) is 3.96. The second-order valence-electron chi connectivity index (χ2n) is 6.62. The topological polar surface area (TPSA) is 12.4 Å². The average molecular weight is 251 g/mol. The molecule has 1 aromatic carbocycles. The summed E-state index contributed by atoms with van der Waals surface area (Å²) in [7, 11) is 0. The van der Waals surface area contributed by atoms with Crippen molar-refractivity contribution in [2.75, 3.05) is 6.54 Å². The number of fused-ring (bicyclic) bond motifs is 2. The predicted molar refractivity (Wildman–Crippen MR) is 80.9 cm³/mol. The summed E-state index contributed by atoms with van der Waals surface area (Å²) in [5.74, 6) is 1.64. The molecule has 1 nitrogen and oxygen atoms in total. The maximum absolute atomic E-state index is 4.65. The standard InChI is InChI=1S/C18H21N/c1-11-5-14-7-16-10-19-9-15(13-3-4-13)8-18(16)12(2)17(14)6-11/h7-8,10-11,13H,3-6,9H2,1-2H3/t11-/m1/s1. The van der Waals surface area contributed by atoms with Gasteiger partial charge in [-0.25, -0.2) is 0 Å². The summed E-state index contributed by atoms with van der Waals surface area (Å²) in [6.07, 6.45) is 9.82. The van der Waals surface area contributed by atoms with E-state index in [9.17, 15) is 0 Å². The van der Waals surface area contributed by atoms with Crippen LogP contribution in [0.1, 0.15) is 47.6 Å². The first-order valence-corrected chi connectivity index (χ1v) is 7.58. The van der Waals surface area contributed by atoms with Crippen molar-refractivity contribution >= 4 is 12.3 Å². The number of hydrogen-bond donors (Lipinski definition) is 0. The summed E-state index contributed by atoms with van der Waals surface area (Å²) < 4.78 is 0. The van der Waals surface area contributed by atoms with Gasteiger partial charge in [-0.1, -0.05) is 13.0 Å². The summed E-state index contributed by atoms with van der Waals surface area (Å²) >= 11 is 0. The van der Waals surface area contributed by atoms with Crippen molar-refractivity contribution in [1.29, 1.82) is 0 Å². The van der Waals surface area contributed by atoms with Gasteiger partial charge in [-0.05, 0) is 78.3 Å². The minimum absolute atomic E-state index is 0.809. The lowest BCUT2D eigenvalue weighted by atomic mass is 9.92. The zero-order valence-corrected chi connectivity index (χ0v) is 11.9. The molecule has 1 heteroatoms. The third-order valence-corrected chi connectivity index (χ3v) is 4.94. The van der Waals surface area contributed by atoms with Crippen LogP contribution in [-0.2, 0) is 12.8 Å². The molecule has 0 amide bonds. The summed E-state index contributed by atoms with van der Waals surface area (Å²) in [5.41, 5.74) is 9.07. The number of rotatable bonds is 1. The largest absolute Gasteiger partial charge is 0.288 e. The molecule has 0 spiro atoms. The van der Waals surface area contributed by atoms with Crippen molar-refractivity contribution in [3.05, 3.63) is 39.5 Å². The molecule has 0 aromatic heterocycles. The van der Waals surface area contributed by atoms with E-state index in [0.717, 1.165) is 18.4 Å². The highest BCUT2D eigenvalue weighted by Crippen LogP contribution is 2.40. The van der Waals surface area contributed by atoms with Gasteiger partial charge in [0.1, 0.15) is 0 Å². The van der Waals surface area contributed by atoms with Gasteiger partial charge in [0.05, 0.1) is 6.54 Å². The summed E-state index contributed by atoms with van der Waals surface area (Å²) in [4.78, 5) is 4.65. The van der Waals surface area contributed by atoms with Gasteiger partial charge in [-0.15, -0.1) is 0 Å². The fourth-order valence-corrected chi connectivity index (χ4v) is 3.71. The van der Waals surface area contributed by atoms with E-state index in [1.54, 1.807) is 16.7 Å². The van der Waals surface area contributed by atoms with E-state index >= 15 is 0 Å². The number of benzene rings is 1. The zero-order chi connectivity index (χ0) is 13.0. The molecule has 98 valence electrons. The highest BCUT2D eigenvalue weighted by molar-refractivity contribution is 5.89. The van der Waals surface area contributed by atoms with Crippen LogP contribution in [0.25, 0.3) is 6.08 Å². The molecule has 1 saturated carbocycles. The third kappa shape index (κ3) is 1.87. The number of aliphatic imine (C=N–C) groups is 1. The van der Waals surface area contributed by atoms with E-state index in [-0.39, 0.29) is 0 Å². The third-order valence-electron chi connectivity index (χ3n) is 4.94. The fraction of sp³-hybridized carbons (Fsp3) is 0.500. The second-order valence-corrected chi connectivity index (χ2v) is 6.62. The highest BCUT2D eigenvalue weighted by Gasteiger charge is 2.28. The molecule has 0 bridgehead atoms. The van der Waals surface area contributed by atoms with Crippen LogP contribution in [0.4, 0.5) is 0 Å². The van der Waals surface area contributed by atoms with Gasteiger partial charge in [0.25, 0.3) is 0 Å². The first-order chi connectivity index (χ1) is 9.22. The molecule has 1 atom stereocenters. The molecule has 0 N–H and O–H groups in total. The fourth-order valence-electron chi connectivity index (χ4n) is 3.71. The molecule has 0 radical (unpaired) electrons. The van der Waals surface area contributed by atoms with Gasteiger partial charge in [0, 0.05) is 11.8 Å². The smallest absolute Gasteiger partial charge is 0.0605 e. The molecule has 1 heterocycles. The normalized spacial score (nSPS) is 24.7. The molecule has 0 unspecified atom stereocenters. The van der Waals surface area contributed by atoms with Crippen molar-refractivity contribution in [3.63, 3.8) is 0 Å². The van der Waals surface area contributed by atoms with Crippen molar-refractivity contribution in [1.82, 2.24) is 0 Å².